The number of hydrogen-bond acceptors (Lipinski definition) is 1. The largest absolute Gasteiger partial charge is 0.293 e. The second-order valence-corrected chi connectivity index (χ2v) is 5.68. The van der Waals surface area contributed by atoms with Crippen molar-refractivity contribution >= 4 is 12.4 Å². The van der Waals surface area contributed by atoms with E-state index in [1.165, 1.54) is 30.4 Å². The van der Waals surface area contributed by atoms with E-state index in [4.69, 9.17) is 0 Å². The summed E-state index contributed by atoms with van der Waals surface area (Å²) in [6.07, 6.45) is 3.77. The summed E-state index contributed by atoms with van der Waals surface area (Å²) in [5, 5.41) is 0. The summed E-state index contributed by atoms with van der Waals surface area (Å²) in [5.41, 5.74) is 2.94. The van der Waals surface area contributed by atoms with Crippen LogP contribution in [0.4, 0.5) is 0 Å². The minimum absolute atomic E-state index is 0. The third-order valence-corrected chi connectivity index (χ3v) is 4.51. The van der Waals surface area contributed by atoms with E-state index < -0.39 is 0 Å². The molecule has 0 aromatic heterocycles. The number of nitrogens with zero attached hydrogens (tertiary/aromatic N) is 1. The van der Waals surface area contributed by atoms with Crippen molar-refractivity contribution in [3.05, 3.63) is 71.8 Å². The van der Waals surface area contributed by atoms with Crippen LogP contribution >= 0.6 is 12.4 Å². The van der Waals surface area contributed by atoms with Gasteiger partial charge in [-0.15, -0.1) is 12.4 Å². The van der Waals surface area contributed by atoms with Crippen LogP contribution in [0.2, 0.25) is 0 Å². The normalized spacial score (nSPS) is 22.0. The van der Waals surface area contributed by atoms with E-state index in [1.807, 2.05) is 0 Å². The fourth-order valence-electron chi connectivity index (χ4n) is 3.55. The highest BCUT2D eigenvalue weighted by Gasteiger charge is 2.32. The van der Waals surface area contributed by atoms with Gasteiger partial charge in [-0.2, -0.15) is 0 Å². The second kappa shape index (κ2) is 7.63. The lowest BCUT2D eigenvalue weighted by Crippen LogP contribution is -2.32. The Labute approximate surface area is 134 Å². The van der Waals surface area contributed by atoms with Crippen molar-refractivity contribution in [1.82, 2.24) is 4.90 Å². The molecule has 2 aromatic carbocycles. The van der Waals surface area contributed by atoms with Gasteiger partial charge in [0.1, 0.15) is 0 Å². The van der Waals surface area contributed by atoms with E-state index in [0.29, 0.717) is 12.1 Å². The lowest BCUT2D eigenvalue weighted by atomic mass is 10.0. The molecule has 0 aliphatic carbocycles. The van der Waals surface area contributed by atoms with Gasteiger partial charge in [-0.1, -0.05) is 67.6 Å². The maximum Gasteiger partial charge on any atom is 0.0351 e. The number of hydrogen-bond donors (Lipinski definition) is 0. The molecule has 1 fully saturated rings. The highest BCUT2D eigenvalue weighted by Crippen LogP contribution is 2.36. The molecule has 21 heavy (non-hydrogen) atoms. The molecule has 2 aromatic rings. The number of likely N-dealkylation sites (N-methyl/N-ethyl adjacent to an activating group) is 1. The summed E-state index contributed by atoms with van der Waals surface area (Å²) >= 11 is 0. The Bertz CT molecular complexity index is 526. The quantitative estimate of drug-likeness (QED) is 0.778. The first kappa shape index (κ1) is 16.1. The molecule has 1 heterocycles. The molecule has 1 saturated heterocycles. The summed E-state index contributed by atoms with van der Waals surface area (Å²) in [4.78, 5) is 2.68. The summed E-state index contributed by atoms with van der Waals surface area (Å²) in [6.45, 7) is 3.43. The Hall–Kier alpha value is -1.31. The fraction of sp³-hybridized carbons (Fsp3) is 0.368. The predicted molar refractivity (Wildman–Crippen MR) is 92.0 cm³/mol. The smallest absolute Gasteiger partial charge is 0.0351 e. The van der Waals surface area contributed by atoms with Crippen LogP contribution < -0.4 is 0 Å². The Morgan fingerprint density at radius 2 is 1.52 bits per heavy atom. The maximum atomic E-state index is 2.68. The van der Waals surface area contributed by atoms with Crippen molar-refractivity contribution in [3.63, 3.8) is 0 Å². The van der Waals surface area contributed by atoms with Crippen LogP contribution in [0.5, 0.6) is 0 Å². The van der Waals surface area contributed by atoms with Crippen LogP contribution in [0.3, 0.4) is 0 Å². The van der Waals surface area contributed by atoms with Gasteiger partial charge in [0.15, 0.2) is 0 Å². The molecule has 0 radical (unpaired) electrons. The Balaban J connectivity index is 0.00000161. The monoisotopic (exact) mass is 301 g/mol. The van der Waals surface area contributed by atoms with Gasteiger partial charge in [-0.05, 0) is 36.9 Å². The zero-order valence-corrected chi connectivity index (χ0v) is 13.4. The second-order valence-electron chi connectivity index (χ2n) is 5.68. The van der Waals surface area contributed by atoms with E-state index in [9.17, 15) is 0 Å². The first-order chi connectivity index (χ1) is 9.88. The first-order valence-electron chi connectivity index (χ1n) is 7.73. The molecule has 2 unspecified atom stereocenters. The Morgan fingerprint density at radius 1 is 0.905 bits per heavy atom. The van der Waals surface area contributed by atoms with E-state index >= 15 is 0 Å². The minimum atomic E-state index is 0. The molecule has 0 amide bonds. The predicted octanol–water partition coefficient (Wildman–Crippen LogP) is 4.88. The molecule has 2 heteroatoms. The van der Waals surface area contributed by atoms with Gasteiger partial charge in [0, 0.05) is 12.1 Å². The standard InChI is InChI=1S/C19H23N.ClH/c1-2-20-18(15-16-9-5-3-6-10-16)13-14-19(20)17-11-7-4-8-12-17;/h3-12,18-19H,2,13-15H2,1H3;1H. The summed E-state index contributed by atoms with van der Waals surface area (Å²) in [7, 11) is 0. The third kappa shape index (κ3) is 3.66. The molecule has 112 valence electrons. The molecule has 1 nitrogen and oxygen atoms in total. The van der Waals surface area contributed by atoms with E-state index in [-0.39, 0.29) is 12.4 Å². The van der Waals surface area contributed by atoms with Crippen molar-refractivity contribution < 1.29 is 0 Å². The molecule has 1 aliphatic heterocycles. The van der Waals surface area contributed by atoms with Gasteiger partial charge in [-0.25, -0.2) is 0 Å². The minimum Gasteiger partial charge on any atom is -0.293 e. The average Bonchev–Trinajstić information content (AvgIpc) is 2.92. The number of benzene rings is 2. The maximum absolute atomic E-state index is 2.68. The first-order valence-corrected chi connectivity index (χ1v) is 7.73. The number of likely N-dealkylation sites (tertiary alicyclic amines) is 1. The molecule has 0 N–H and O–H groups in total. The molecule has 0 bridgehead atoms. The highest BCUT2D eigenvalue weighted by molar-refractivity contribution is 5.85. The van der Waals surface area contributed by atoms with Crippen LogP contribution in [0, 0.1) is 0 Å². The van der Waals surface area contributed by atoms with Crippen molar-refractivity contribution in [2.24, 2.45) is 0 Å². The molecular weight excluding hydrogens is 278 g/mol. The summed E-state index contributed by atoms with van der Waals surface area (Å²) < 4.78 is 0. The molecule has 3 rings (SSSR count). The van der Waals surface area contributed by atoms with E-state index in [0.717, 1.165) is 6.54 Å². The van der Waals surface area contributed by atoms with Gasteiger partial charge in [0.05, 0.1) is 0 Å². The summed E-state index contributed by atoms with van der Waals surface area (Å²) in [5.74, 6) is 0. The average molecular weight is 302 g/mol. The van der Waals surface area contributed by atoms with E-state index in [1.54, 1.807) is 0 Å². The number of rotatable bonds is 4. The zero-order chi connectivity index (χ0) is 13.8. The lowest BCUT2D eigenvalue weighted by Gasteiger charge is -2.29. The molecule has 0 saturated carbocycles. The Kier molecular flexibility index (Phi) is 5.84. The Morgan fingerprint density at radius 3 is 2.14 bits per heavy atom. The molecular formula is C19H24ClN. The zero-order valence-electron chi connectivity index (χ0n) is 12.6. The van der Waals surface area contributed by atoms with Crippen molar-refractivity contribution in [2.75, 3.05) is 6.54 Å². The van der Waals surface area contributed by atoms with Gasteiger partial charge >= 0.3 is 0 Å². The third-order valence-electron chi connectivity index (χ3n) is 4.51. The molecule has 0 spiro atoms. The molecule has 2 atom stereocenters. The van der Waals surface area contributed by atoms with Gasteiger partial charge in [0.2, 0.25) is 0 Å². The van der Waals surface area contributed by atoms with Crippen LogP contribution in [0.25, 0.3) is 0 Å². The highest BCUT2D eigenvalue weighted by atomic mass is 35.5. The van der Waals surface area contributed by atoms with Gasteiger partial charge in [-0.3, -0.25) is 4.90 Å². The van der Waals surface area contributed by atoms with Crippen molar-refractivity contribution in [2.45, 2.75) is 38.3 Å². The summed E-state index contributed by atoms with van der Waals surface area (Å²) in [6, 6.07) is 23.2. The van der Waals surface area contributed by atoms with Gasteiger partial charge in [0.25, 0.3) is 0 Å². The van der Waals surface area contributed by atoms with Gasteiger partial charge < -0.3 is 0 Å². The fourth-order valence-corrected chi connectivity index (χ4v) is 3.55. The van der Waals surface area contributed by atoms with Crippen LogP contribution in [0.15, 0.2) is 60.7 Å². The van der Waals surface area contributed by atoms with Crippen molar-refractivity contribution in [3.8, 4) is 0 Å². The van der Waals surface area contributed by atoms with Crippen LogP contribution in [-0.2, 0) is 6.42 Å². The molecule has 1 aliphatic rings. The SMILES string of the molecule is CCN1C(Cc2ccccc2)CCC1c1ccccc1.Cl. The van der Waals surface area contributed by atoms with Crippen LogP contribution in [-0.4, -0.2) is 17.5 Å². The number of halogens is 1. The van der Waals surface area contributed by atoms with Crippen LogP contribution in [0.1, 0.15) is 36.9 Å². The van der Waals surface area contributed by atoms with Crippen molar-refractivity contribution in [1.29, 1.82) is 0 Å². The topological polar surface area (TPSA) is 3.24 Å². The lowest BCUT2D eigenvalue weighted by molar-refractivity contribution is 0.203. The van der Waals surface area contributed by atoms with E-state index in [2.05, 4.69) is 72.5 Å².